The topological polar surface area (TPSA) is 140 Å². The van der Waals surface area contributed by atoms with Crippen LogP contribution in [0, 0.1) is 0 Å². The highest BCUT2D eigenvalue weighted by Crippen LogP contribution is 0.966. The van der Waals surface area contributed by atoms with E-state index in [1.165, 1.54) is 0 Å². The van der Waals surface area contributed by atoms with Crippen molar-refractivity contribution in [1.29, 1.82) is 0 Å². The molecule has 90 valence electrons. The van der Waals surface area contributed by atoms with Gasteiger partial charge in [-0.15, -0.1) is 0 Å². The fourth-order valence-electron chi connectivity index (χ4n) is 0. The van der Waals surface area contributed by atoms with Gasteiger partial charge in [-0.25, -0.2) is 0 Å². The van der Waals surface area contributed by atoms with Gasteiger partial charge in [-0.05, 0) is 0 Å². The van der Waals surface area contributed by atoms with Crippen molar-refractivity contribution in [3.63, 3.8) is 0 Å². The SMILES string of the molecule is C.C.C.O=C=O.O=C=O.O=CO.O=[Si]=O. The third kappa shape index (κ3) is 319. The van der Waals surface area contributed by atoms with Crippen molar-refractivity contribution < 1.29 is 38.0 Å². The van der Waals surface area contributed by atoms with Gasteiger partial charge < -0.3 is 5.11 Å². The van der Waals surface area contributed by atoms with Crippen LogP contribution in [0.5, 0.6) is 0 Å². The van der Waals surface area contributed by atoms with Gasteiger partial charge in [0.1, 0.15) is 0 Å². The first-order valence-electron chi connectivity index (χ1n) is 1.72. The highest BCUT2D eigenvalue weighted by Gasteiger charge is 1.22. The molecule has 0 aliphatic heterocycles. The Hall–Kier alpha value is -1.95. The largest absolute Gasteiger partial charge is 0.549 e. The first-order valence-corrected chi connectivity index (χ1v) is 2.54. The molecule has 0 amide bonds. The molecule has 0 aliphatic rings. The Morgan fingerprint density at radius 2 is 0.867 bits per heavy atom. The molecule has 1 N–H and O–H groups in total. The van der Waals surface area contributed by atoms with Gasteiger partial charge in [-0.1, -0.05) is 22.3 Å². The maximum absolute atomic E-state index is 8.40. The van der Waals surface area contributed by atoms with Gasteiger partial charge in [0.25, 0.3) is 6.47 Å². The Morgan fingerprint density at radius 3 is 0.867 bits per heavy atom. The Balaban J connectivity index is -0.0000000107. The minimum absolute atomic E-state index is 0. The van der Waals surface area contributed by atoms with Crippen molar-refractivity contribution in [1.82, 2.24) is 0 Å². The van der Waals surface area contributed by atoms with E-state index >= 15 is 0 Å². The molecule has 0 heterocycles. The molecule has 0 atom stereocenters. The van der Waals surface area contributed by atoms with E-state index in [1.54, 1.807) is 0 Å². The van der Waals surface area contributed by atoms with Crippen LogP contribution in [-0.4, -0.2) is 33.2 Å². The van der Waals surface area contributed by atoms with Crippen LogP contribution in [0.1, 0.15) is 22.3 Å². The van der Waals surface area contributed by atoms with E-state index in [0.717, 1.165) is 0 Å². The lowest BCUT2D eigenvalue weighted by Gasteiger charge is -1.34. The minimum Gasteiger partial charge on any atom is -0.483 e. The molecule has 0 aromatic rings. The maximum atomic E-state index is 8.40. The molecule has 0 spiro atoms. The van der Waals surface area contributed by atoms with E-state index in [0.29, 0.717) is 0 Å². The highest BCUT2D eigenvalue weighted by molar-refractivity contribution is 5.94. The molecule has 0 radical (unpaired) electrons. The van der Waals surface area contributed by atoms with E-state index in [9.17, 15) is 0 Å². The zero-order valence-corrected chi connectivity index (χ0v) is 6.38. The Morgan fingerprint density at radius 1 is 0.867 bits per heavy atom. The average molecular weight is 242 g/mol. The third-order valence-corrected chi connectivity index (χ3v) is 0. The highest BCUT2D eigenvalue weighted by atomic mass is 28.2. The second-order valence-electron chi connectivity index (χ2n) is 0.355. The summed E-state index contributed by atoms with van der Waals surface area (Å²) in [5.41, 5.74) is 0. The van der Waals surface area contributed by atoms with E-state index in [-0.39, 0.29) is 41.1 Å². The second kappa shape index (κ2) is 351. The molecule has 0 saturated heterocycles. The first kappa shape index (κ1) is 51.8. The maximum Gasteiger partial charge on any atom is 0.549 e. The molecule has 0 fully saturated rings. The molecule has 0 bridgehead atoms. The summed E-state index contributed by atoms with van der Waals surface area (Å²) in [7, 11) is -1.42. The second-order valence-corrected chi connectivity index (χ2v) is 0.522. The monoisotopic (exact) mass is 242 g/mol. The van der Waals surface area contributed by atoms with Crippen LogP contribution in [0.15, 0.2) is 0 Å². The fraction of sp³-hybridized carbons (Fsp3) is 0.500. The number of carbonyl (C=O) groups is 1. The van der Waals surface area contributed by atoms with Crippen molar-refractivity contribution in [2.75, 3.05) is 0 Å². The molecule has 0 aromatic heterocycles. The molecule has 0 aromatic carbocycles. The van der Waals surface area contributed by atoms with Gasteiger partial charge in [0.15, 0.2) is 0 Å². The summed E-state index contributed by atoms with van der Waals surface area (Å²) in [6.45, 7) is -0.250. The third-order valence-electron chi connectivity index (χ3n) is 0. The molecular formula is C6H14O8Si. The van der Waals surface area contributed by atoms with Crippen molar-refractivity contribution in [2.45, 2.75) is 22.3 Å². The predicted molar refractivity (Wildman–Crippen MR) is 46.0 cm³/mol. The summed E-state index contributed by atoms with van der Waals surface area (Å²) in [5.74, 6) is 0. The molecule has 0 aliphatic carbocycles. The summed E-state index contributed by atoms with van der Waals surface area (Å²) < 4.78 is 16.8. The Labute approximate surface area is 89.2 Å². The number of hydrogen-bond donors (Lipinski definition) is 1. The fourth-order valence-corrected chi connectivity index (χ4v) is 0. The molecule has 9 heteroatoms. The number of carboxylic acid groups (broad SMARTS) is 1. The average Bonchev–Trinajstić information content (AvgIpc) is 1.92. The summed E-state index contributed by atoms with van der Waals surface area (Å²) >= 11 is 0. The van der Waals surface area contributed by atoms with Crippen molar-refractivity contribution in [3.8, 4) is 0 Å². The lowest BCUT2D eigenvalue weighted by atomic mass is 11.7. The van der Waals surface area contributed by atoms with Crippen LogP contribution in [-0.2, 0) is 32.9 Å². The van der Waals surface area contributed by atoms with E-state index in [2.05, 4.69) is 0 Å². The summed E-state index contributed by atoms with van der Waals surface area (Å²) in [6, 6.07) is 0. The van der Waals surface area contributed by atoms with Crippen LogP contribution in [0.2, 0.25) is 0 Å². The van der Waals surface area contributed by atoms with Crippen LogP contribution in [0.25, 0.3) is 0 Å². The quantitative estimate of drug-likeness (QED) is 0.455. The lowest BCUT2D eigenvalue weighted by Crippen LogP contribution is -1.49. The van der Waals surface area contributed by atoms with E-state index in [1.807, 2.05) is 0 Å². The van der Waals surface area contributed by atoms with Gasteiger partial charge in [0, 0.05) is 0 Å². The van der Waals surface area contributed by atoms with Crippen molar-refractivity contribution >= 4 is 28.1 Å². The smallest absolute Gasteiger partial charge is 0.483 e. The van der Waals surface area contributed by atoms with Crippen molar-refractivity contribution in [3.05, 3.63) is 0 Å². The zero-order chi connectivity index (χ0) is 10.8. The molecule has 0 rings (SSSR count). The number of hydrogen-bond acceptors (Lipinski definition) is 7. The molecule has 0 unspecified atom stereocenters. The molecule has 0 saturated carbocycles. The standard InChI is InChI=1S/CH2O2.2CO2.3CH4.O2Si/c3*2-1-3;;;;1-3-2/h1H,(H,2,3);;;3*1H4;. The molecule has 8 nitrogen and oxygen atoms in total. The molecular weight excluding hydrogens is 228 g/mol. The van der Waals surface area contributed by atoms with Gasteiger partial charge in [-0.2, -0.15) is 19.2 Å². The number of rotatable bonds is 0. The van der Waals surface area contributed by atoms with Gasteiger partial charge >= 0.3 is 21.6 Å². The summed E-state index contributed by atoms with van der Waals surface area (Å²) in [4.78, 5) is 40.9. The van der Waals surface area contributed by atoms with Crippen LogP contribution in [0.4, 0.5) is 0 Å². The summed E-state index contributed by atoms with van der Waals surface area (Å²) in [6.07, 6.45) is 0.500. The predicted octanol–water partition coefficient (Wildman–Crippen LogP) is -0.176. The van der Waals surface area contributed by atoms with Crippen LogP contribution < -0.4 is 0 Å². The van der Waals surface area contributed by atoms with Gasteiger partial charge in [0.2, 0.25) is 0 Å². The van der Waals surface area contributed by atoms with E-state index in [4.69, 9.17) is 38.0 Å². The van der Waals surface area contributed by atoms with E-state index < -0.39 is 9.29 Å². The zero-order valence-electron chi connectivity index (χ0n) is 5.38. The lowest BCUT2D eigenvalue weighted by molar-refractivity contribution is -0.193. The Bertz CT molecular complexity index is 143. The number of carbonyl (C=O) groups excluding carboxylic acids is 4. The first-order chi connectivity index (χ1) is 5.66. The van der Waals surface area contributed by atoms with Gasteiger partial charge in [-0.3, -0.25) is 13.7 Å². The molecule has 15 heavy (non-hydrogen) atoms. The van der Waals surface area contributed by atoms with Crippen molar-refractivity contribution in [2.24, 2.45) is 0 Å². The van der Waals surface area contributed by atoms with Gasteiger partial charge in [0.05, 0.1) is 0 Å². The van der Waals surface area contributed by atoms with Crippen LogP contribution in [0.3, 0.4) is 0 Å². The minimum atomic E-state index is -1.42. The normalized spacial score (nSPS) is 2.40. The Kier molecular flexibility index (Phi) is 1210. The summed E-state index contributed by atoms with van der Waals surface area (Å²) in [5, 5.41) is 6.89. The van der Waals surface area contributed by atoms with Crippen LogP contribution >= 0.6 is 0 Å².